The average molecular weight is 458 g/mol. The Hall–Kier alpha value is -3.80. The number of likely N-dealkylation sites (tertiary alicyclic amines) is 1. The van der Waals surface area contributed by atoms with Gasteiger partial charge in [0.25, 0.3) is 0 Å². The van der Waals surface area contributed by atoms with Crippen LogP contribution in [0.1, 0.15) is 24.5 Å². The lowest BCUT2D eigenvalue weighted by Gasteiger charge is -2.33. The molecule has 1 atom stereocenters. The summed E-state index contributed by atoms with van der Waals surface area (Å²) in [7, 11) is 1.57. The van der Waals surface area contributed by atoms with Crippen LogP contribution in [0.4, 0.5) is 10.5 Å². The molecule has 1 aliphatic rings. The van der Waals surface area contributed by atoms with E-state index in [1.165, 1.54) is 11.1 Å². The summed E-state index contributed by atoms with van der Waals surface area (Å²) in [6.45, 7) is 4.17. The van der Waals surface area contributed by atoms with Gasteiger partial charge in [-0.25, -0.2) is 9.78 Å². The van der Waals surface area contributed by atoms with Crippen molar-refractivity contribution in [3.8, 4) is 11.6 Å². The molecular weight excluding hydrogens is 426 g/mol. The van der Waals surface area contributed by atoms with Gasteiger partial charge in [-0.1, -0.05) is 61.0 Å². The van der Waals surface area contributed by atoms with Crippen LogP contribution in [0, 0.1) is 5.92 Å². The topological polar surface area (TPSA) is 63.7 Å². The number of carbonyl (C=O) groups is 1. The quantitative estimate of drug-likeness (QED) is 0.497. The lowest BCUT2D eigenvalue weighted by molar-refractivity contribution is 0.198. The van der Waals surface area contributed by atoms with Crippen molar-refractivity contribution in [3.63, 3.8) is 0 Å². The van der Waals surface area contributed by atoms with Crippen molar-refractivity contribution >= 4 is 17.8 Å². The molecule has 2 aromatic carbocycles. The molecule has 34 heavy (non-hydrogen) atoms. The van der Waals surface area contributed by atoms with Crippen LogP contribution in [-0.2, 0) is 6.42 Å². The van der Waals surface area contributed by atoms with Gasteiger partial charge < -0.3 is 19.7 Å². The van der Waals surface area contributed by atoms with E-state index in [1.807, 2.05) is 23.1 Å². The van der Waals surface area contributed by atoms with Crippen molar-refractivity contribution in [2.24, 2.45) is 5.92 Å². The van der Waals surface area contributed by atoms with E-state index >= 15 is 0 Å². The van der Waals surface area contributed by atoms with Crippen LogP contribution in [0.3, 0.4) is 0 Å². The van der Waals surface area contributed by atoms with Gasteiger partial charge in [0, 0.05) is 25.6 Å². The van der Waals surface area contributed by atoms with Crippen LogP contribution >= 0.6 is 0 Å². The summed E-state index contributed by atoms with van der Waals surface area (Å²) in [6, 6.07) is 22.0. The second-order valence-corrected chi connectivity index (χ2v) is 8.49. The fourth-order valence-electron chi connectivity index (χ4n) is 4.07. The van der Waals surface area contributed by atoms with E-state index in [4.69, 9.17) is 9.47 Å². The monoisotopic (exact) mass is 457 g/mol. The number of nitrogens with zero attached hydrogens (tertiary/aromatic N) is 2. The Balaban J connectivity index is 1.31. The predicted octanol–water partition coefficient (Wildman–Crippen LogP) is 5.67. The zero-order valence-corrected chi connectivity index (χ0v) is 19.7. The molecule has 6 heteroatoms. The highest BCUT2D eigenvalue weighted by Gasteiger charge is 2.24. The van der Waals surface area contributed by atoms with Crippen LogP contribution in [0.5, 0.6) is 11.6 Å². The van der Waals surface area contributed by atoms with Crippen LogP contribution < -0.4 is 14.8 Å². The number of methoxy groups -OCH3 is 1. The van der Waals surface area contributed by atoms with E-state index < -0.39 is 0 Å². The molecule has 1 saturated heterocycles. The van der Waals surface area contributed by atoms with Crippen LogP contribution in [-0.4, -0.2) is 42.7 Å². The van der Waals surface area contributed by atoms with Gasteiger partial charge in [-0.15, -0.1) is 0 Å². The number of piperidine rings is 1. The third-order valence-electron chi connectivity index (χ3n) is 5.99. The first kappa shape index (κ1) is 23.4. The average Bonchev–Trinajstić information content (AvgIpc) is 2.86. The van der Waals surface area contributed by atoms with E-state index in [2.05, 4.69) is 59.7 Å². The van der Waals surface area contributed by atoms with Crippen molar-refractivity contribution in [3.05, 3.63) is 89.6 Å². The molecule has 0 aliphatic carbocycles. The van der Waals surface area contributed by atoms with Gasteiger partial charge in [-0.2, -0.15) is 0 Å². The molecule has 1 aliphatic heterocycles. The number of hydrogen-bond acceptors (Lipinski definition) is 4. The van der Waals surface area contributed by atoms with Gasteiger partial charge in [0.1, 0.15) is 5.75 Å². The van der Waals surface area contributed by atoms with Gasteiger partial charge in [0.05, 0.1) is 25.6 Å². The van der Waals surface area contributed by atoms with E-state index in [0.717, 1.165) is 24.2 Å². The predicted molar refractivity (Wildman–Crippen MR) is 135 cm³/mol. The molecule has 1 aromatic heterocycles. The molecule has 1 unspecified atom stereocenters. The maximum Gasteiger partial charge on any atom is 0.321 e. The Morgan fingerprint density at radius 1 is 1.15 bits per heavy atom. The molecular formula is C28H31N3O3. The first-order chi connectivity index (χ1) is 16.6. The first-order valence-corrected chi connectivity index (χ1v) is 11.6. The summed E-state index contributed by atoms with van der Waals surface area (Å²) < 4.78 is 11.0. The number of rotatable bonds is 7. The number of hydrogen-bond donors (Lipinski definition) is 1. The number of aromatic nitrogens is 1. The highest BCUT2D eigenvalue weighted by atomic mass is 16.5. The minimum atomic E-state index is -0.105. The summed E-state index contributed by atoms with van der Waals surface area (Å²) in [5.74, 6) is 1.67. The molecule has 0 saturated carbocycles. The van der Waals surface area contributed by atoms with Crippen LogP contribution in [0.15, 0.2) is 78.5 Å². The number of pyridine rings is 1. The molecule has 0 spiro atoms. The zero-order chi connectivity index (χ0) is 23.8. The fraction of sp³-hybridized carbons (Fsp3) is 0.286. The van der Waals surface area contributed by atoms with E-state index in [1.54, 1.807) is 25.4 Å². The third kappa shape index (κ3) is 6.38. The van der Waals surface area contributed by atoms with E-state index in [-0.39, 0.29) is 11.9 Å². The Labute approximate surface area is 201 Å². The normalized spacial score (nSPS) is 16.8. The molecule has 1 fully saturated rings. The molecule has 2 heterocycles. The smallest absolute Gasteiger partial charge is 0.321 e. The summed E-state index contributed by atoms with van der Waals surface area (Å²) >= 11 is 0. The minimum absolute atomic E-state index is 0.105. The standard InChI is InChI=1S/C28H31N3O3/c1-21-20-31(28(32)30-25-11-12-27(33-2)29-19-25)15-13-24(21)17-23-9-6-10-26(18-23)34-16-14-22-7-4-3-5-8-22/h3-12,17-19,21H,13-16,20H2,1-2H3,(H,30,32)/b24-17+. The maximum absolute atomic E-state index is 12.7. The van der Waals surface area contributed by atoms with Crippen molar-refractivity contribution < 1.29 is 14.3 Å². The van der Waals surface area contributed by atoms with Crippen molar-refractivity contribution in [1.82, 2.24) is 9.88 Å². The molecule has 4 rings (SSSR count). The van der Waals surface area contributed by atoms with Gasteiger partial charge in [0.15, 0.2) is 0 Å². The second-order valence-electron chi connectivity index (χ2n) is 8.49. The largest absolute Gasteiger partial charge is 0.493 e. The Bertz CT molecular complexity index is 1110. The van der Waals surface area contributed by atoms with Crippen molar-refractivity contribution in [2.45, 2.75) is 19.8 Å². The number of amides is 2. The molecule has 3 aromatic rings. The SMILES string of the molecule is COc1ccc(NC(=O)N2CC/C(=C\c3cccc(OCCc4ccccc4)c3)C(C)C2)cn1. The van der Waals surface area contributed by atoms with Gasteiger partial charge >= 0.3 is 6.03 Å². The third-order valence-corrected chi connectivity index (χ3v) is 5.99. The first-order valence-electron chi connectivity index (χ1n) is 11.6. The van der Waals surface area contributed by atoms with Gasteiger partial charge in [0.2, 0.25) is 5.88 Å². The highest BCUT2D eigenvalue weighted by molar-refractivity contribution is 5.89. The van der Waals surface area contributed by atoms with Gasteiger partial charge in [-0.05, 0) is 41.7 Å². The summed E-state index contributed by atoms with van der Waals surface area (Å²) in [5.41, 5.74) is 4.40. The molecule has 176 valence electrons. The Morgan fingerprint density at radius 3 is 2.74 bits per heavy atom. The number of benzene rings is 2. The van der Waals surface area contributed by atoms with E-state index in [0.29, 0.717) is 31.3 Å². The second kappa shape index (κ2) is 11.4. The number of carbonyl (C=O) groups excluding carboxylic acids is 1. The van der Waals surface area contributed by atoms with Gasteiger partial charge in [-0.3, -0.25) is 0 Å². The number of ether oxygens (including phenoxy) is 2. The molecule has 2 amide bonds. The van der Waals surface area contributed by atoms with Crippen LogP contribution in [0.2, 0.25) is 0 Å². The summed E-state index contributed by atoms with van der Waals surface area (Å²) in [6.07, 6.45) is 5.56. The molecule has 1 N–H and O–H groups in total. The van der Waals surface area contributed by atoms with Crippen molar-refractivity contribution in [2.75, 3.05) is 32.1 Å². The van der Waals surface area contributed by atoms with Crippen molar-refractivity contribution in [1.29, 1.82) is 0 Å². The lowest BCUT2D eigenvalue weighted by atomic mass is 9.91. The Kier molecular flexibility index (Phi) is 7.81. The fourth-order valence-corrected chi connectivity index (χ4v) is 4.07. The number of urea groups is 1. The maximum atomic E-state index is 12.7. The van der Waals surface area contributed by atoms with E-state index in [9.17, 15) is 4.79 Å². The lowest BCUT2D eigenvalue weighted by Crippen LogP contribution is -2.42. The number of anilines is 1. The molecule has 0 bridgehead atoms. The molecule has 6 nitrogen and oxygen atoms in total. The highest BCUT2D eigenvalue weighted by Crippen LogP contribution is 2.26. The molecule has 0 radical (unpaired) electrons. The Morgan fingerprint density at radius 2 is 2.00 bits per heavy atom. The van der Waals surface area contributed by atoms with Crippen LogP contribution in [0.25, 0.3) is 6.08 Å². The number of nitrogens with one attached hydrogen (secondary N) is 1. The summed E-state index contributed by atoms with van der Waals surface area (Å²) in [5, 5.41) is 2.92. The summed E-state index contributed by atoms with van der Waals surface area (Å²) in [4.78, 5) is 18.7. The minimum Gasteiger partial charge on any atom is -0.493 e. The zero-order valence-electron chi connectivity index (χ0n) is 19.7.